The first-order chi connectivity index (χ1) is 9.81. The molecule has 0 aliphatic carbocycles. The molecular weight excluding hydrogens is 288 g/mol. The maximum atomic E-state index is 5.27. The molecule has 0 radical (unpaired) electrons. The molecule has 0 aliphatic rings. The Bertz CT molecular complexity index is 660. The van der Waals surface area contributed by atoms with Crippen molar-refractivity contribution in [3.05, 3.63) is 58.1 Å². The number of aromatic nitrogens is 2. The van der Waals surface area contributed by atoms with Gasteiger partial charge < -0.3 is 4.52 Å². The zero-order valence-corrected chi connectivity index (χ0v) is 12.7. The maximum absolute atomic E-state index is 5.27. The molecule has 20 heavy (non-hydrogen) atoms. The van der Waals surface area contributed by atoms with Crippen LogP contribution < -0.4 is 0 Å². The zero-order valence-electron chi connectivity index (χ0n) is 11.1. The summed E-state index contributed by atoms with van der Waals surface area (Å²) >= 11 is 3.42. The Balaban J connectivity index is 1.55. The predicted molar refractivity (Wildman–Crippen MR) is 83.8 cm³/mol. The zero-order chi connectivity index (χ0) is 13.8. The number of nitrogens with zero attached hydrogens (tertiary/aromatic N) is 2. The third-order valence-corrected chi connectivity index (χ3v) is 4.53. The topological polar surface area (TPSA) is 38.9 Å². The van der Waals surface area contributed by atoms with Gasteiger partial charge in [-0.2, -0.15) is 16.3 Å². The number of thiophene rings is 1. The minimum absolute atomic E-state index is 0.678. The van der Waals surface area contributed by atoms with Gasteiger partial charge in [-0.15, -0.1) is 11.8 Å². The third-order valence-electron chi connectivity index (χ3n) is 2.86. The Morgan fingerprint density at radius 3 is 2.75 bits per heavy atom. The summed E-state index contributed by atoms with van der Waals surface area (Å²) in [6.07, 6.45) is 0. The molecule has 0 saturated carbocycles. The second-order valence-electron chi connectivity index (χ2n) is 4.50. The van der Waals surface area contributed by atoms with Crippen molar-refractivity contribution in [2.45, 2.75) is 18.4 Å². The maximum Gasteiger partial charge on any atom is 0.236 e. The van der Waals surface area contributed by atoms with Gasteiger partial charge in [0, 0.05) is 16.7 Å². The van der Waals surface area contributed by atoms with Crippen molar-refractivity contribution in [1.82, 2.24) is 10.1 Å². The lowest BCUT2D eigenvalue weighted by atomic mass is 10.2. The Morgan fingerprint density at radius 2 is 2.00 bits per heavy atom. The number of benzene rings is 1. The summed E-state index contributed by atoms with van der Waals surface area (Å²) in [6, 6.07) is 10.6. The van der Waals surface area contributed by atoms with Crippen molar-refractivity contribution in [2.75, 3.05) is 0 Å². The molecule has 3 rings (SSSR count). The second kappa shape index (κ2) is 6.24. The molecule has 3 aromatic rings. The van der Waals surface area contributed by atoms with E-state index in [1.165, 1.54) is 11.1 Å². The lowest BCUT2D eigenvalue weighted by Gasteiger charge is -2.00. The standard InChI is InChI=1S/C15H14N2OS2/c1-11-2-4-12(5-3-11)8-20-10-14-16-15(17-18-14)13-6-7-19-9-13/h2-7,9H,8,10H2,1H3. The number of hydrogen-bond donors (Lipinski definition) is 0. The van der Waals surface area contributed by atoms with Gasteiger partial charge in [0.15, 0.2) is 0 Å². The van der Waals surface area contributed by atoms with E-state index in [0.717, 1.165) is 17.1 Å². The summed E-state index contributed by atoms with van der Waals surface area (Å²) in [7, 11) is 0. The Morgan fingerprint density at radius 1 is 1.15 bits per heavy atom. The van der Waals surface area contributed by atoms with Gasteiger partial charge >= 0.3 is 0 Å². The molecule has 0 unspecified atom stereocenters. The second-order valence-corrected chi connectivity index (χ2v) is 6.27. The highest BCUT2D eigenvalue weighted by Crippen LogP contribution is 2.21. The van der Waals surface area contributed by atoms with Gasteiger partial charge in [-0.05, 0) is 23.9 Å². The summed E-state index contributed by atoms with van der Waals surface area (Å²) < 4.78 is 5.27. The van der Waals surface area contributed by atoms with Crippen LogP contribution in [0, 0.1) is 6.92 Å². The summed E-state index contributed by atoms with van der Waals surface area (Å²) in [4.78, 5) is 4.41. The molecule has 2 heterocycles. The van der Waals surface area contributed by atoms with E-state index in [0.29, 0.717) is 11.7 Å². The largest absolute Gasteiger partial charge is 0.338 e. The van der Waals surface area contributed by atoms with Crippen LogP contribution in [0.2, 0.25) is 0 Å². The van der Waals surface area contributed by atoms with E-state index in [-0.39, 0.29) is 0 Å². The smallest absolute Gasteiger partial charge is 0.236 e. The normalized spacial score (nSPS) is 10.8. The van der Waals surface area contributed by atoms with E-state index in [1.807, 2.05) is 16.8 Å². The molecule has 0 N–H and O–H groups in total. The molecule has 2 aromatic heterocycles. The van der Waals surface area contributed by atoms with Crippen LogP contribution in [0.15, 0.2) is 45.6 Å². The monoisotopic (exact) mass is 302 g/mol. The van der Waals surface area contributed by atoms with Gasteiger partial charge in [0.05, 0.1) is 5.75 Å². The molecule has 0 spiro atoms. The molecular formula is C15H14N2OS2. The molecule has 0 saturated heterocycles. The van der Waals surface area contributed by atoms with Gasteiger partial charge in [-0.25, -0.2) is 0 Å². The molecule has 0 bridgehead atoms. The number of hydrogen-bond acceptors (Lipinski definition) is 5. The van der Waals surface area contributed by atoms with Gasteiger partial charge in [-0.3, -0.25) is 0 Å². The molecule has 3 nitrogen and oxygen atoms in total. The molecule has 0 fully saturated rings. The highest BCUT2D eigenvalue weighted by molar-refractivity contribution is 7.97. The number of thioether (sulfide) groups is 1. The highest BCUT2D eigenvalue weighted by atomic mass is 32.2. The average molecular weight is 302 g/mol. The van der Waals surface area contributed by atoms with Crippen LogP contribution in [0.1, 0.15) is 17.0 Å². The highest BCUT2D eigenvalue weighted by Gasteiger charge is 2.08. The van der Waals surface area contributed by atoms with Gasteiger partial charge in [0.1, 0.15) is 0 Å². The first-order valence-electron chi connectivity index (χ1n) is 6.30. The van der Waals surface area contributed by atoms with Crippen LogP contribution in [0.3, 0.4) is 0 Å². The van der Waals surface area contributed by atoms with E-state index in [2.05, 4.69) is 41.3 Å². The molecule has 102 valence electrons. The lowest BCUT2D eigenvalue weighted by molar-refractivity contribution is 0.391. The van der Waals surface area contributed by atoms with Crippen molar-refractivity contribution >= 4 is 23.1 Å². The van der Waals surface area contributed by atoms with Crippen LogP contribution in [0.25, 0.3) is 11.4 Å². The molecule has 0 aliphatic heterocycles. The third kappa shape index (κ3) is 3.29. The van der Waals surface area contributed by atoms with E-state index >= 15 is 0 Å². The van der Waals surface area contributed by atoms with Crippen LogP contribution in [-0.2, 0) is 11.5 Å². The van der Waals surface area contributed by atoms with Crippen LogP contribution in [-0.4, -0.2) is 10.1 Å². The summed E-state index contributed by atoms with van der Waals surface area (Å²) in [5.74, 6) is 3.06. The first-order valence-corrected chi connectivity index (χ1v) is 8.39. The van der Waals surface area contributed by atoms with Crippen molar-refractivity contribution in [3.8, 4) is 11.4 Å². The molecule has 0 atom stereocenters. The minimum Gasteiger partial charge on any atom is -0.338 e. The van der Waals surface area contributed by atoms with Crippen molar-refractivity contribution in [2.24, 2.45) is 0 Å². The van der Waals surface area contributed by atoms with E-state index < -0.39 is 0 Å². The van der Waals surface area contributed by atoms with Gasteiger partial charge in [0.25, 0.3) is 0 Å². The van der Waals surface area contributed by atoms with Crippen molar-refractivity contribution < 1.29 is 4.52 Å². The van der Waals surface area contributed by atoms with E-state index in [4.69, 9.17) is 4.52 Å². The van der Waals surface area contributed by atoms with Crippen molar-refractivity contribution in [3.63, 3.8) is 0 Å². The van der Waals surface area contributed by atoms with Crippen LogP contribution >= 0.6 is 23.1 Å². The molecule has 1 aromatic carbocycles. The first kappa shape index (κ1) is 13.4. The minimum atomic E-state index is 0.678. The van der Waals surface area contributed by atoms with Crippen LogP contribution in [0.5, 0.6) is 0 Å². The fraction of sp³-hybridized carbons (Fsp3) is 0.200. The Kier molecular flexibility index (Phi) is 4.18. The lowest BCUT2D eigenvalue weighted by Crippen LogP contribution is -1.84. The van der Waals surface area contributed by atoms with Gasteiger partial charge in [-0.1, -0.05) is 35.0 Å². The fourth-order valence-corrected chi connectivity index (χ4v) is 3.22. The van der Waals surface area contributed by atoms with E-state index in [9.17, 15) is 0 Å². The number of rotatable bonds is 5. The van der Waals surface area contributed by atoms with Crippen molar-refractivity contribution in [1.29, 1.82) is 0 Å². The Hall–Kier alpha value is -1.59. The quantitative estimate of drug-likeness (QED) is 0.693. The Labute approximate surface area is 126 Å². The predicted octanol–water partition coefficient (Wildman–Crippen LogP) is 4.54. The molecule has 0 amide bonds. The van der Waals surface area contributed by atoms with Gasteiger partial charge in [0.2, 0.25) is 11.7 Å². The van der Waals surface area contributed by atoms with E-state index in [1.54, 1.807) is 23.1 Å². The van der Waals surface area contributed by atoms with Crippen LogP contribution in [0.4, 0.5) is 0 Å². The average Bonchev–Trinajstić information content (AvgIpc) is 3.11. The SMILES string of the molecule is Cc1ccc(CSCc2nc(-c3ccsc3)no2)cc1. The summed E-state index contributed by atoms with van der Waals surface area (Å²) in [6.45, 7) is 2.10. The summed E-state index contributed by atoms with van der Waals surface area (Å²) in [5.41, 5.74) is 3.63. The molecule has 5 heteroatoms. The summed E-state index contributed by atoms with van der Waals surface area (Å²) in [5, 5.41) is 8.04. The fourth-order valence-electron chi connectivity index (χ4n) is 1.76. The number of aryl methyl sites for hydroxylation is 1.